The van der Waals surface area contributed by atoms with Crippen molar-refractivity contribution in [2.24, 2.45) is 0 Å². The average Bonchev–Trinajstić information content (AvgIpc) is 2.49. The molecule has 0 unspecified atom stereocenters. The predicted molar refractivity (Wildman–Crippen MR) is 70.6 cm³/mol. The minimum atomic E-state index is -0.552. The molecule has 6 heteroatoms. The van der Waals surface area contributed by atoms with E-state index in [9.17, 15) is 9.59 Å². The highest BCUT2D eigenvalue weighted by Crippen LogP contribution is 2.15. The van der Waals surface area contributed by atoms with Crippen LogP contribution in [0.1, 0.15) is 33.2 Å². The van der Waals surface area contributed by atoms with E-state index in [2.05, 4.69) is 0 Å². The van der Waals surface area contributed by atoms with Crippen LogP contribution in [-0.2, 0) is 15.9 Å². The van der Waals surface area contributed by atoms with Crippen molar-refractivity contribution < 1.29 is 29.3 Å². The van der Waals surface area contributed by atoms with Gasteiger partial charge in [0.05, 0.1) is 24.3 Å². The van der Waals surface area contributed by atoms with Gasteiger partial charge < -0.3 is 19.7 Å². The van der Waals surface area contributed by atoms with Gasteiger partial charge in [-0.25, -0.2) is 9.59 Å². The number of carbonyl (C=O) groups is 2. The van der Waals surface area contributed by atoms with Gasteiger partial charge in [-0.3, -0.25) is 0 Å². The second-order valence-corrected chi connectivity index (χ2v) is 3.94. The summed E-state index contributed by atoms with van der Waals surface area (Å²) in [5.74, 6) is -1.09. The Morgan fingerprint density at radius 3 is 2.20 bits per heavy atom. The van der Waals surface area contributed by atoms with Crippen LogP contribution in [0.5, 0.6) is 0 Å². The normalized spacial score (nSPS) is 10.2. The number of carbonyl (C=O) groups excluding carboxylic acids is 2. The summed E-state index contributed by atoms with van der Waals surface area (Å²) in [5.41, 5.74) is 1.33. The Kier molecular flexibility index (Phi) is 6.69. The van der Waals surface area contributed by atoms with Crippen molar-refractivity contribution in [1.82, 2.24) is 0 Å². The van der Waals surface area contributed by atoms with E-state index < -0.39 is 11.9 Å². The largest absolute Gasteiger partial charge is 0.460 e. The topological polar surface area (TPSA) is 93.1 Å². The zero-order valence-corrected chi connectivity index (χ0v) is 11.3. The highest BCUT2D eigenvalue weighted by molar-refractivity contribution is 5.94. The van der Waals surface area contributed by atoms with E-state index >= 15 is 0 Å². The molecule has 0 aromatic heterocycles. The van der Waals surface area contributed by atoms with E-state index in [0.29, 0.717) is 23.1 Å². The van der Waals surface area contributed by atoms with Gasteiger partial charge in [-0.2, -0.15) is 0 Å². The van der Waals surface area contributed by atoms with Crippen LogP contribution < -0.4 is 0 Å². The molecular formula is C14H18O6. The van der Waals surface area contributed by atoms with Gasteiger partial charge in [0.2, 0.25) is 0 Å². The molecule has 1 aromatic rings. The average molecular weight is 282 g/mol. The maximum absolute atomic E-state index is 11.8. The van der Waals surface area contributed by atoms with Gasteiger partial charge >= 0.3 is 11.9 Å². The van der Waals surface area contributed by atoms with Crippen molar-refractivity contribution in [3.63, 3.8) is 0 Å². The Morgan fingerprint density at radius 1 is 1.05 bits per heavy atom. The SMILES string of the molecule is CCc1cc(C(=O)OCCO)ccc1C(=O)OCCO. The molecule has 0 saturated heterocycles. The summed E-state index contributed by atoms with van der Waals surface area (Å²) in [4.78, 5) is 23.4. The quantitative estimate of drug-likeness (QED) is 0.709. The summed E-state index contributed by atoms with van der Waals surface area (Å²) in [6, 6.07) is 4.53. The first kappa shape index (κ1) is 16.1. The second kappa shape index (κ2) is 8.29. The molecule has 0 fully saturated rings. The van der Waals surface area contributed by atoms with E-state index in [0.717, 1.165) is 0 Å². The van der Waals surface area contributed by atoms with Crippen LogP contribution in [0.3, 0.4) is 0 Å². The van der Waals surface area contributed by atoms with E-state index in [4.69, 9.17) is 19.7 Å². The zero-order chi connectivity index (χ0) is 15.0. The van der Waals surface area contributed by atoms with Gasteiger partial charge in [0.1, 0.15) is 13.2 Å². The molecule has 2 N–H and O–H groups in total. The Bertz CT molecular complexity index is 469. The van der Waals surface area contributed by atoms with Crippen LogP contribution in [0.2, 0.25) is 0 Å². The maximum atomic E-state index is 11.8. The first-order valence-corrected chi connectivity index (χ1v) is 6.32. The van der Waals surface area contributed by atoms with Gasteiger partial charge in [0.25, 0.3) is 0 Å². The molecule has 0 heterocycles. The van der Waals surface area contributed by atoms with Crippen molar-refractivity contribution >= 4 is 11.9 Å². The number of benzene rings is 1. The van der Waals surface area contributed by atoms with Crippen LogP contribution in [-0.4, -0.2) is 48.6 Å². The molecule has 110 valence electrons. The fourth-order valence-corrected chi connectivity index (χ4v) is 1.65. The Balaban J connectivity index is 2.90. The summed E-state index contributed by atoms with van der Waals surface area (Å²) >= 11 is 0. The van der Waals surface area contributed by atoms with Crippen LogP contribution in [0.4, 0.5) is 0 Å². The van der Waals surface area contributed by atoms with Gasteiger partial charge in [-0.1, -0.05) is 6.92 Å². The summed E-state index contributed by atoms with van der Waals surface area (Å²) in [6.07, 6.45) is 0.546. The predicted octanol–water partition coefficient (Wildman–Crippen LogP) is 0.547. The molecular weight excluding hydrogens is 264 g/mol. The molecule has 0 saturated carbocycles. The molecule has 0 spiro atoms. The van der Waals surface area contributed by atoms with Crippen molar-refractivity contribution in [3.05, 3.63) is 34.9 Å². The molecule has 0 aliphatic rings. The smallest absolute Gasteiger partial charge is 0.338 e. The second-order valence-electron chi connectivity index (χ2n) is 3.94. The molecule has 0 aliphatic heterocycles. The first-order chi connectivity index (χ1) is 9.63. The lowest BCUT2D eigenvalue weighted by atomic mass is 10.0. The third-order valence-corrected chi connectivity index (χ3v) is 2.59. The Hall–Kier alpha value is -1.92. The molecule has 20 heavy (non-hydrogen) atoms. The molecule has 0 atom stereocenters. The van der Waals surface area contributed by atoms with E-state index in [1.807, 2.05) is 6.92 Å². The molecule has 1 rings (SSSR count). The minimum Gasteiger partial charge on any atom is -0.460 e. The van der Waals surface area contributed by atoms with Gasteiger partial charge in [-0.05, 0) is 30.2 Å². The highest BCUT2D eigenvalue weighted by Gasteiger charge is 2.15. The third kappa shape index (κ3) is 4.32. The summed E-state index contributed by atoms with van der Waals surface area (Å²) in [7, 11) is 0. The summed E-state index contributed by atoms with van der Waals surface area (Å²) < 4.78 is 9.65. The number of aliphatic hydroxyl groups excluding tert-OH is 2. The number of ether oxygens (including phenoxy) is 2. The van der Waals surface area contributed by atoms with Crippen LogP contribution >= 0.6 is 0 Å². The van der Waals surface area contributed by atoms with Crippen molar-refractivity contribution in [2.45, 2.75) is 13.3 Å². The minimum absolute atomic E-state index is 0.0672. The maximum Gasteiger partial charge on any atom is 0.338 e. The van der Waals surface area contributed by atoms with Crippen LogP contribution in [0, 0.1) is 0 Å². The lowest BCUT2D eigenvalue weighted by Crippen LogP contribution is -2.13. The number of aryl methyl sites for hydroxylation is 1. The molecule has 0 aliphatic carbocycles. The number of rotatable bonds is 7. The van der Waals surface area contributed by atoms with Crippen molar-refractivity contribution in [2.75, 3.05) is 26.4 Å². The highest BCUT2D eigenvalue weighted by atomic mass is 16.5. The Labute approximate surface area is 116 Å². The first-order valence-electron chi connectivity index (χ1n) is 6.32. The van der Waals surface area contributed by atoms with Gasteiger partial charge in [-0.15, -0.1) is 0 Å². The summed E-state index contributed by atoms with van der Waals surface area (Å²) in [5, 5.41) is 17.2. The zero-order valence-electron chi connectivity index (χ0n) is 11.3. The molecule has 0 radical (unpaired) electrons. The number of esters is 2. The van der Waals surface area contributed by atoms with E-state index in [1.165, 1.54) is 12.1 Å². The number of hydrogen-bond acceptors (Lipinski definition) is 6. The Morgan fingerprint density at radius 2 is 1.65 bits per heavy atom. The molecule has 0 bridgehead atoms. The summed E-state index contributed by atoms with van der Waals surface area (Å²) in [6.45, 7) is 1.24. The van der Waals surface area contributed by atoms with Crippen LogP contribution in [0.15, 0.2) is 18.2 Å². The van der Waals surface area contributed by atoms with Crippen LogP contribution in [0.25, 0.3) is 0 Å². The molecule has 1 aromatic carbocycles. The lowest BCUT2D eigenvalue weighted by Gasteiger charge is -2.10. The third-order valence-electron chi connectivity index (χ3n) is 2.59. The van der Waals surface area contributed by atoms with Crippen molar-refractivity contribution in [1.29, 1.82) is 0 Å². The van der Waals surface area contributed by atoms with Crippen molar-refractivity contribution in [3.8, 4) is 0 Å². The molecule has 0 amide bonds. The number of aliphatic hydroxyl groups is 2. The number of hydrogen-bond donors (Lipinski definition) is 2. The standard InChI is InChI=1S/C14H18O6/c1-2-10-9-11(13(17)19-7-5-15)3-4-12(10)14(18)20-8-6-16/h3-4,9,15-16H,2,5-8H2,1H3. The van der Waals surface area contributed by atoms with E-state index in [1.54, 1.807) is 6.07 Å². The van der Waals surface area contributed by atoms with Gasteiger partial charge in [0.15, 0.2) is 0 Å². The fraction of sp³-hybridized carbons (Fsp3) is 0.429. The van der Waals surface area contributed by atoms with E-state index in [-0.39, 0.29) is 26.4 Å². The fourth-order valence-electron chi connectivity index (χ4n) is 1.65. The molecule has 6 nitrogen and oxygen atoms in total. The van der Waals surface area contributed by atoms with Gasteiger partial charge in [0, 0.05) is 0 Å². The lowest BCUT2D eigenvalue weighted by molar-refractivity contribution is 0.0420. The monoisotopic (exact) mass is 282 g/mol.